The van der Waals surface area contributed by atoms with Crippen molar-refractivity contribution in [2.24, 2.45) is 5.92 Å². The van der Waals surface area contributed by atoms with E-state index >= 15 is 0 Å². The van der Waals surface area contributed by atoms with Crippen LogP contribution in [0.3, 0.4) is 0 Å². The Bertz CT molecular complexity index is 866. The lowest BCUT2D eigenvalue weighted by atomic mass is 9.86. The highest BCUT2D eigenvalue weighted by molar-refractivity contribution is 5.93. The molecule has 2 rings (SSSR count). The van der Waals surface area contributed by atoms with Crippen molar-refractivity contribution >= 4 is 18.2 Å². The van der Waals surface area contributed by atoms with Crippen LogP contribution in [-0.2, 0) is 32.2 Å². The third-order valence-electron chi connectivity index (χ3n) is 4.47. The van der Waals surface area contributed by atoms with Crippen LogP contribution in [0.25, 0.3) is 0 Å². The Balaban J connectivity index is 1.97. The molecule has 2 aromatic carbocycles. The molecule has 0 fully saturated rings. The van der Waals surface area contributed by atoms with Gasteiger partial charge in [-0.1, -0.05) is 80.6 Å². The first-order chi connectivity index (χ1) is 14.4. The zero-order valence-corrected chi connectivity index (χ0v) is 17.0. The topological polar surface area (TPSA) is 90.9 Å². The molecule has 1 N–H and O–H groups in total. The van der Waals surface area contributed by atoms with E-state index in [-0.39, 0.29) is 13.2 Å². The summed E-state index contributed by atoms with van der Waals surface area (Å²) in [6.07, 6.45) is -0.800. The molecule has 7 nitrogen and oxygen atoms in total. The van der Waals surface area contributed by atoms with Gasteiger partial charge in [0, 0.05) is 0 Å². The van der Waals surface area contributed by atoms with Crippen LogP contribution in [0.4, 0.5) is 9.59 Å². The lowest BCUT2D eigenvalue weighted by molar-refractivity contribution is -0.147. The normalized spacial score (nSPS) is 12.4. The number of carbonyl (C=O) groups excluding carboxylic acids is 3. The standard InChI is InChI=1S/C23H25NO6/c1-4-23(17(2)3,24-21(26)28-15-18-11-7-5-8-12-18)20(25)30-22(27)29-16-19-13-9-6-10-14-19/h4-14,17H,1,15-16H2,2-3H3,(H,24,26). The third-order valence-corrected chi connectivity index (χ3v) is 4.47. The molecule has 0 spiro atoms. The smallest absolute Gasteiger partial charge is 0.445 e. The summed E-state index contributed by atoms with van der Waals surface area (Å²) < 4.78 is 15.0. The predicted molar refractivity (Wildman–Crippen MR) is 110 cm³/mol. The van der Waals surface area contributed by atoms with Gasteiger partial charge in [0.05, 0.1) is 0 Å². The number of alkyl carbamates (subject to hydrolysis) is 1. The van der Waals surface area contributed by atoms with Gasteiger partial charge in [-0.2, -0.15) is 0 Å². The van der Waals surface area contributed by atoms with Crippen molar-refractivity contribution in [1.82, 2.24) is 5.32 Å². The first kappa shape index (κ1) is 22.7. The maximum Gasteiger partial charge on any atom is 0.516 e. The van der Waals surface area contributed by atoms with Crippen LogP contribution in [0.5, 0.6) is 0 Å². The van der Waals surface area contributed by atoms with Crippen LogP contribution in [0.15, 0.2) is 73.3 Å². The molecule has 0 bridgehead atoms. The van der Waals surface area contributed by atoms with Crippen LogP contribution >= 0.6 is 0 Å². The minimum absolute atomic E-state index is 0.0200. The number of benzene rings is 2. The number of esters is 1. The Morgan fingerprint density at radius 3 is 1.90 bits per heavy atom. The summed E-state index contributed by atoms with van der Waals surface area (Å²) in [4.78, 5) is 37.0. The van der Waals surface area contributed by atoms with E-state index in [9.17, 15) is 14.4 Å². The molecule has 0 saturated heterocycles. The lowest BCUT2D eigenvalue weighted by Crippen LogP contribution is -2.57. The van der Waals surface area contributed by atoms with Crippen LogP contribution in [0.2, 0.25) is 0 Å². The summed E-state index contributed by atoms with van der Waals surface area (Å²) in [5, 5.41) is 2.47. The highest BCUT2D eigenvalue weighted by atomic mass is 16.7. The Kier molecular flexibility index (Phi) is 8.17. The van der Waals surface area contributed by atoms with Gasteiger partial charge in [0.25, 0.3) is 0 Å². The highest BCUT2D eigenvalue weighted by Crippen LogP contribution is 2.22. The minimum Gasteiger partial charge on any atom is -0.445 e. The van der Waals surface area contributed by atoms with Crippen molar-refractivity contribution in [2.75, 3.05) is 0 Å². The maximum absolute atomic E-state index is 12.7. The molecule has 1 unspecified atom stereocenters. The van der Waals surface area contributed by atoms with Crippen molar-refractivity contribution in [3.8, 4) is 0 Å². The molecule has 1 atom stereocenters. The molecule has 2 aromatic rings. The van der Waals surface area contributed by atoms with E-state index in [1.807, 2.05) is 24.3 Å². The summed E-state index contributed by atoms with van der Waals surface area (Å²) in [6, 6.07) is 18.0. The van der Waals surface area contributed by atoms with Gasteiger partial charge in [-0.3, -0.25) is 0 Å². The lowest BCUT2D eigenvalue weighted by Gasteiger charge is -2.31. The average molecular weight is 411 g/mol. The van der Waals surface area contributed by atoms with Gasteiger partial charge in [0.2, 0.25) is 0 Å². The SMILES string of the molecule is C=CC(NC(=O)OCc1ccccc1)(C(=O)OC(=O)OCc1ccccc1)C(C)C. The first-order valence-electron chi connectivity index (χ1n) is 9.42. The van der Waals surface area contributed by atoms with Gasteiger partial charge in [0.15, 0.2) is 5.54 Å². The second kappa shape index (κ2) is 10.8. The molecular formula is C23H25NO6. The number of rotatable bonds is 8. The van der Waals surface area contributed by atoms with Gasteiger partial charge in [-0.25, -0.2) is 14.4 Å². The van der Waals surface area contributed by atoms with Crippen molar-refractivity contribution < 1.29 is 28.6 Å². The van der Waals surface area contributed by atoms with E-state index in [2.05, 4.69) is 11.9 Å². The third kappa shape index (κ3) is 6.20. The fourth-order valence-electron chi connectivity index (χ4n) is 2.64. The second-order valence-electron chi connectivity index (χ2n) is 6.83. The molecule has 30 heavy (non-hydrogen) atoms. The molecule has 0 radical (unpaired) electrons. The molecule has 7 heteroatoms. The number of nitrogens with one attached hydrogen (secondary N) is 1. The Morgan fingerprint density at radius 1 is 0.933 bits per heavy atom. The Labute approximate surface area is 175 Å². The molecule has 0 saturated carbocycles. The van der Waals surface area contributed by atoms with Crippen LogP contribution in [0.1, 0.15) is 25.0 Å². The Morgan fingerprint density at radius 2 is 1.43 bits per heavy atom. The van der Waals surface area contributed by atoms with E-state index in [1.54, 1.807) is 50.2 Å². The molecule has 0 aromatic heterocycles. The van der Waals surface area contributed by atoms with Gasteiger partial charge in [-0.15, -0.1) is 6.58 Å². The summed E-state index contributed by atoms with van der Waals surface area (Å²) in [5.74, 6) is -1.49. The monoisotopic (exact) mass is 411 g/mol. The summed E-state index contributed by atoms with van der Waals surface area (Å²) in [6.45, 7) is 6.94. The van der Waals surface area contributed by atoms with Crippen molar-refractivity contribution in [2.45, 2.75) is 32.6 Å². The van der Waals surface area contributed by atoms with E-state index in [4.69, 9.17) is 14.2 Å². The second-order valence-corrected chi connectivity index (χ2v) is 6.83. The van der Waals surface area contributed by atoms with Crippen LogP contribution < -0.4 is 5.32 Å². The fourth-order valence-corrected chi connectivity index (χ4v) is 2.64. The molecular weight excluding hydrogens is 386 g/mol. The number of hydrogen-bond donors (Lipinski definition) is 1. The summed E-state index contributed by atoms with van der Waals surface area (Å²) in [7, 11) is 0. The summed E-state index contributed by atoms with van der Waals surface area (Å²) in [5.41, 5.74) is -0.142. The van der Waals surface area contributed by atoms with Crippen molar-refractivity contribution in [1.29, 1.82) is 0 Å². The highest BCUT2D eigenvalue weighted by Gasteiger charge is 2.44. The van der Waals surface area contributed by atoms with Gasteiger partial charge in [0.1, 0.15) is 13.2 Å². The Hall–Kier alpha value is -3.61. The molecule has 0 aliphatic rings. The molecule has 0 aliphatic carbocycles. The number of hydrogen-bond acceptors (Lipinski definition) is 6. The van der Waals surface area contributed by atoms with Crippen LogP contribution in [-0.4, -0.2) is 23.8 Å². The quantitative estimate of drug-likeness (QED) is 0.394. The van der Waals surface area contributed by atoms with Gasteiger partial charge >= 0.3 is 18.2 Å². The largest absolute Gasteiger partial charge is 0.516 e. The minimum atomic E-state index is -1.67. The van der Waals surface area contributed by atoms with Crippen LogP contribution in [0, 0.1) is 5.92 Å². The number of amides is 1. The van der Waals surface area contributed by atoms with Gasteiger partial charge in [-0.05, 0) is 17.0 Å². The fraction of sp³-hybridized carbons (Fsp3) is 0.261. The van der Waals surface area contributed by atoms with Gasteiger partial charge < -0.3 is 19.5 Å². The van der Waals surface area contributed by atoms with E-state index in [0.717, 1.165) is 11.1 Å². The molecule has 0 aliphatic heterocycles. The average Bonchev–Trinajstić information content (AvgIpc) is 2.75. The predicted octanol–water partition coefficient (Wildman–Crippen LogP) is 4.37. The maximum atomic E-state index is 12.7. The number of ether oxygens (including phenoxy) is 3. The molecule has 0 heterocycles. The van der Waals surface area contributed by atoms with E-state index < -0.39 is 29.7 Å². The summed E-state index contributed by atoms with van der Waals surface area (Å²) >= 11 is 0. The first-order valence-corrected chi connectivity index (χ1v) is 9.42. The van der Waals surface area contributed by atoms with E-state index in [0.29, 0.717) is 0 Å². The molecule has 158 valence electrons. The van der Waals surface area contributed by atoms with Crippen molar-refractivity contribution in [3.63, 3.8) is 0 Å². The zero-order valence-electron chi connectivity index (χ0n) is 17.0. The van der Waals surface area contributed by atoms with E-state index in [1.165, 1.54) is 6.08 Å². The molecule has 1 amide bonds. The zero-order chi connectivity index (χ0) is 22.0. The van der Waals surface area contributed by atoms with Crippen molar-refractivity contribution in [3.05, 3.63) is 84.4 Å². The number of carbonyl (C=O) groups is 3.